The van der Waals surface area contributed by atoms with E-state index in [1.165, 1.54) is 0 Å². The fraction of sp³-hybridized carbons (Fsp3) is 0.143. The Balaban J connectivity index is 1.96. The highest BCUT2D eigenvalue weighted by Gasteiger charge is 2.13. The predicted octanol–water partition coefficient (Wildman–Crippen LogP) is 2.83. The summed E-state index contributed by atoms with van der Waals surface area (Å²) in [6.07, 6.45) is 1.74. The summed E-state index contributed by atoms with van der Waals surface area (Å²) in [5.74, 6) is -0.729. The van der Waals surface area contributed by atoms with E-state index >= 15 is 0 Å². The Hall–Kier alpha value is -1.88. The summed E-state index contributed by atoms with van der Waals surface area (Å²) in [5, 5.41) is 0. The van der Waals surface area contributed by atoms with Crippen LogP contribution in [0.15, 0.2) is 47.1 Å². The van der Waals surface area contributed by atoms with Gasteiger partial charge in [0.05, 0.1) is 0 Å². The molecule has 0 saturated carbocycles. The molecule has 0 spiro atoms. The van der Waals surface area contributed by atoms with Crippen molar-refractivity contribution < 1.29 is 14.3 Å². The average molecular weight is 322 g/mol. The molecule has 0 radical (unpaired) electrons. The minimum absolute atomic E-state index is 0.227. The van der Waals surface area contributed by atoms with Crippen LogP contribution in [-0.4, -0.2) is 22.9 Å². The molecule has 0 amide bonds. The number of ether oxygens (including phenoxy) is 1. The van der Waals surface area contributed by atoms with Gasteiger partial charge in [0, 0.05) is 23.3 Å². The van der Waals surface area contributed by atoms with E-state index in [0.29, 0.717) is 11.3 Å². The van der Waals surface area contributed by atoms with Crippen LogP contribution < -0.4 is 0 Å². The first-order valence-corrected chi connectivity index (χ1v) is 6.44. The molecule has 0 atom stereocenters. The molecule has 4 nitrogen and oxygen atoms in total. The van der Waals surface area contributed by atoms with Crippen molar-refractivity contribution in [2.75, 3.05) is 6.61 Å². The minimum Gasteiger partial charge on any atom is -0.453 e. The van der Waals surface area contributed by atoms with Gasteiger partial charge in [0.1, 0.15) is 5.69 Å². The topological polar surface area (TPSA) is 48.3 Å². The van der Waals surface area contributed by atoms with E-state index in [-0.39, 0.29) is 12.4 Å². The Labute approximate surface area is 119 Å². The van der Waals surface area contributed by atoms with E-state index in [1.807, 2.05) is 0 Å². The van der Waals surface area contributed by atoms with Crippen molar-refractivity contribution >= 4 is 27.7 Å². The van der Waals surface area contributed by atoms with Crippen LogP contribution >= 0.6 is 15.9 Å². The highest BCUT2D eigenvalue weighted by Crippen LogP contribution is 2.11. The van der Waals surface area contributed by atoms with Gasteiger partial charge in [-0.1, -0.05) is 28.1 Å². The average Bonchev–Trinajstić information content (AvgIpc) is 2.83. The van der Waals surface area contributed by atoms with Crippen LogP contribution in [-0.2, 0) is 11.8 Å². The van der Waals surface area contributed by atoms with Gasteiger partial charge in [-0.15, -0.1) is 0 Å². The Bertz CT molecular complexity index is 601. The number of carbonyl (C=O) groups is 2. The number of esters is 1. The first-order chi connectivity index (χ1) is 9.08. The van der Waals surface area contributed by atoms with Gasteiger partial charge in [-0.05, 0) is 24.3 Å². The fourth-order valence-corrected chi connectivity index (χ4v) is 1.86. The van der Waals surface area contributed by atoms with Crippen LogP contribution in [0.4, 0.5) is 0 Å². The highest BCUT2D eigenvalue weighted by molar-refractivity contribution is 9.10. The highest BCUT2D eigenvalue weighted by atomic mass is 79.9. The lowest BCUT2D eigenvalue weighted by Crippen LogP contribution is -2.16. The van der Waals surface area contributed by atoms with E-state index in [9.17, 15) is 9.59 Å². The summed E-state index contributed by atoms with van der Waals surface area (Å²) >= 11 is 3.29. The molecule has 0 saturated heterocycles. The molecule has 2 rings (SSSR count). The Kier molecular flexibility index (Phi) is 4.16. The van der Waals surface area contributed by atoms with Crippen molar-refractivity contribution in [1.29, 1.82) is 0 Å². The number of hydrogen-bond donors (Lipinski definition) is 0. The second-order valence-corrected chi connectivity index (χ2v) is 4.93. The Morgan fingerprint density at radius 2 is 1.89 bits per heavy atom. The monoisotopic (exact) mass is 321 g/mol. The smallest absolute Gasteiger partial charge is 0.355 e. The number of carbonyl (C=O) groups excluding carboxylic acids is 2. The number of benzene rings is 1. The summed E-state index contributed by atoms with van der Waals surface area (Å²) in [5.41, 5.74) is 0.937. The zero-order valence-electron chi connectivity index (χ0n) is 10.3. The molecule has 0 unspecified atom stereocenters. The van der Waals surface area contributed by atoms with E-state index in [0.717, 1.165) is 4.47 Å². The summed E-state index contributed by atoms with van der Waals surface area (Å²) < 4.78 is 7.53. The molecule has 1 heterocycles. The van der Waals surface area contributed by atoms with Gasteiger partial charge in [-0.25, -0.2) is 4.79 Å². The largest absolute Gasteiger partial charge is 0.453 e. The van der Waals surface area contributed by atoms with E-state index in [1.54, 1.807) is 54.2 Å². The third-order valence-corrected chi connectivity index (χ3v) is 3.18. The molecule has 0 bridgehead atoms. The number of ketones is 1. The first kappa shape index (κ1) is 13.5. The lowest BCUT2D eigenvalue weighted by molar-refractivity contribution is 0.0465. The number of rotatable bonds is 4. The minimum atomic E-state index is -0.502. The van der Waals surface area contributed by atoms with E-state index in [4.69, 9.17) is 4.74 Å². The number of aryl methyl sites for hydroxylation is 1. The summed E-state index contributed by atoms with van der Waals surface area (Å²) in [6.45, 7) is -0.258. The summed E-state index contributed by atoms with van der Waals surface area (Å²) in [7, 11) is 1.74. The van der Waals surface area contributed by atoms with Gasteiger partial charge >= 0.3 is 5.97 Å². The summed E-state index contributed by atoms with van der Waals surface area (Å²) in [4.78, 5) is 23.5. The molecule has 98 valence electrons. The van der Waals surface area contributed by atoms with Gasteiger partial charge in [0.15, 0.2) is 12.4 Å². The molecule has 0 aliphatic heterocycles. The standard InChI is InChI=1S/C14H12BrNO3/c1-16-8-2-3-12(16)14(18)19-9-13(17)10-4-6-11(15)7-5-10/h2-8H,9H2,1H3. The molecule has 0 aliphatic carbocycles. The maximum atomic E-state index is 11.8. The van der Waals surface area contributed by atoms with Gasteiger partial charge in [-0.2, -0.15) is 0 Å². The second-order valence-electron chi connectivity index (χ2n) is 4.01. The number of nitrogens with zero attached hydrogens (tertiary/aromatic N) is 1. The Morgan fingerprint density at radius 3 is 2.47 bits per heavy atom. The molecule has 0 N–H and O–H groups in total. The number of Topliss-reactive ketones (excluding diaryl/α,β-unsaturated/α-hetero) is 1. The van der Waals surface area contributed by atoms with Gasteiger partial charge in [-0.3, -0.25) is 4.79 Å². The number of halogens is 1. The van der Waals surface area contributed by atoms with Crippen LogP contribution in [0.3, 0.4) is 0 Å². The maximum absolute atomic E-state index is 11.8. The molecule has 2 aromatic rings. The molecule has 1 aromatic carbocycles. The molecule has 0 fully saturated rings. The van der Waals surface area contributed by atoms with Gasteiger partial charge in [0.25, 0.3) is 0 Å². The normalized spacial score (nSPS) is 10.2. The number of hydrogen-bond acceptors (Lipinski definition) is 3. The molecule has 1 aromatic heterocycles. The maximum Gasteiger partial charge on any atom is 0.355 e. The van der Waals surface area contributed by atoms with Crippen LogP contribution in [0.5, 0.6) is 0 Å². The van der Waals surface area contributed by atoms with Crippen LogP contribution in [0.2, 0.25) is 0 Å². The van der Waals surface area contributed by atoms with Crippen molar-refractivity contribution in [3.8, 4) is 0 Å². The van der Waals surface area contributed by atoms with Crippen LogP contribution in [0, 0.1) is 0 Å². The molecule has 19 heavy (non-hydrogen) atoms. The first-order valence-electron chi connectivity index (χ1n) is 5.65. The molecule has 0 aliphatic rings. The van der Waals surface area contributed by atoms with E-state index in [2.05, 4.69) is 15.9 Å². The van der Waals surface area contributed by atoms with Gasteiger partial charge in [0.2, 0.25) is 0 Å². The SMILES string of the molecule is Cn1cccc1C(=O)OCC(=O)c1ccc(Br)cc1. The van der Waals surface area contributed by atoms with Crippen molar-refractivity contribution in [3.63, 3.8) is 0 Å². The van der Waals surface area contributed by atoms with Crippen LogP contribution in [0.1, 0.15) is 20.8 Å². The number of aromatic nitrogens is 1. The molecular formula is C14H12BrNO3. The zero-order valence-corrected chi connectivity index (χ0v) is 11.9. The third kappa shape index (κ3) is 3.32. The Morgan fingerprint density at radius 1 is 1.21 bits per heavy atom. The zero-order chi connectivity index (χ0) is 13.8. The fourth-order valence-electron chi connectivity index (χ4n) is 1.60. The lowest BCUT2D eigenvalue weighted by Gasteiger charge is -2.05. The molecule has 5 heteroatoms. The van der Waals surface area contributed by atoms with E-state index < -0.39 is 5.97 Å². The third-order valence-electron chi connectivity index (χ3n) is 2.65. The van der Waals surface area contributed by atoms with Crippen molar-refractivity contribution in [3.05, 3.63) is 58.3 Å². The lowest BCUT2D eigenvalue weighted by atomic mass is 10.1. The quantitative estimate of drug-likeness (QED) is 0.642. The summed E-state index contributed by atoms with van der Waals surface area (Å²) in [6, 6.07) is 10.3. The second kappa shape index (κ2) is 5.84. The van der Waals surface area contributed by atoms with Crippen LogP contribution in [0.25, 0.3) is 0 Å². The predicted molar refractivity (Wildman–Crippen MR) is 74.2 cm³/mol. The van der Waals surface area contributed by atoms with Gasteiger partial charge < -0.3 is 9.30 Å². The van der Waals surface area contributed by atoms with Crippen molar-refractivity contribution in [2.45, 2.75) is 0 Å². The van der Waals surface area contributed by atoms with Crippen molar-refractivity contribution in [2.24, 2.45) is 7.05 Å². The molecular weight excluding hydrogens is 310 g/mol. The van der Waals surface area contributed by atoms with Crippen molar-refractivity contribution in [1.82, 2.24) is 4.57 Å².